The quantitative estimate of drug-likeness (QED) is 0.267. The van der Waals surface area contributed by atoms with Crippen molar-refractivity contribution in [2.24, 2.45) is 23.7 Å². The third-order valence-corrected chi connectivity index (χ3v) is 6.04. The van der Waals surface area contributed by atoms with Crippen LogP contribution < -0.4 is 0 Å². The zero-order valence-electron chi connectivity index (χ0n) is 23.0. The summed E-state index contributed by atoms with van der Waals surface area (Å²) in [7, 11) is 4.03. The van der Waals surface area contributed by atoms with E-state index in [-0.39, 0.29) is 0 Å². The van der Waals surface area contributed by atoms with Crippen molar-refractivity contribution in [1.29, 1.82) is 0 Å². The monoisotopic (exact) mass is 421 g/mol. The molecule has 0 aromatic heterocycles. The molecule has 0 radical (unpaired) electrons. The standard InChI is InChI=1S/C22H41N.C4H10.C3H8/c1-10-17(2)11-12-18(3)19(4)13-14-20(5)21(6)15-16-22(7)23(8)9;1-3-4-2;1-3-2/h15-20H,6-7,10-14H2,1-5,8-9H3;3-4H2,1-2H3;3H2,1-2H3/b16-15-;;. The highest BCUT2D eigenvalue weighted by atomic mass is 15.1. The van der Waals surface area contributed by atoms with Gasteiger partial charge in [-0.15, -0.1) is 0 Å². The molecule has 0 saturated carbocycles. The summed E-state index contributed by atoms with van der Waals surface area (Å²) in [5, 5.41) is 0. The zero-order chi connectivity index (χ0) is 24.1. The van der Waals surface area contributed by atoms with Gasteiger partial charge in [0.1, 0.15) is 0 Å². The summed E-state index contributed by atoms with van der Waals surface area (Å²) in [6.45, 7) is 28.7. The van der Waals surface area contributed by atoms with Crippen LogP contribution in [0.3, 0.4) is 0 Å². The lowest BCUT2D eigenvalue weighted by molar-refractivity contribution is 0.301. The van der Waals surface area contributed by atoms with Crippen LogP contribution >= 0.6 is 0 Å². The molecule has 180 valence electrons. The maximum absolute atomic E-state index is 4.23. The van der Waals surface area contributed by atoms with Gasteiger partial charge in [-0.25, -0.2) is 0 Å². The molecular weight excluding hydrogens is 362 g/mol. The highest BCUT2D eigenvalue weighted by Crippen LogP contribution is 2.27. The van der Waals surface area contributed by atoms with Crippen LogP contribution in [0.2, 0.25) is 0 Å². The normalized spacial score (nSPS) is 14.5. The van der Waals surface area contributed by atoms with Crippen LogP contribution in [0.1, 0.15) is 114 Å². The molecule has 0 aliphatic carbocycles. The summed E-state index contributed by atoms with van der Waals surface area (Å²) >= 11 is 0. The van der Waals surface area contributed by atoms with Crippen molar-refractivity contribution < 1.29 is 0 Å². The molecule has 0 bridgehead atoms. The first-order valence-electron chi connectivity index (χ1n) is 12.7. The Bertz CT molecular complexity index is 416. The number of hydrogen-bond donors (Lipinski definition) is 0. The van der Waals surface area contributed by atoms with E-state index in [1.807, 2.05) is 19.0 Å². The Labute approximate surface area is 193 Å². The van der Waals surface area contributed by atoms with Gasteiger partial charge >= 0.3 is 0 Å². The summed E-state index contributed by atoms with van der Waals surface area (Å²) in [4.78, 5) is 2.02. The molecule has 0 fully saturated rings. The van der Waals surface area contributed by atoms with Gasteiger partial charge in [-0.1, -0.05) is 126 Å². The third-order valence-electron chi connectivity index (χ3n) is 6.04. The first kappa shape index (κ1) is 33.7. The number of hydrogen-bond acceptors (Lipinski definition) is 1. The van der Waals surface area contributed by atoms with Crippen molar-refractivity contribution >= 4 is 0 Å². The molecular formula is C29H59N. The number of nitrogens with zero attached hydrogens (tertiary/aromatic N) is 1. The summed E-state index contributed by atoms with van der Waals surface area (Å²) < 4.78 is 0. The highest BCUT2D eigenvalue weighted by Gasteiger charge is 2.15. The van der Waals surface area contributed by atoms with Crippen LogP contribution in [0.4, 0.5) is 0 Å². The molecule has 1 heteroatoms. The first-order valence-corrected chi connectivity index (χ1v) is 12.7. The maximum Gasteiger partial charge on any atom is 0.0288 e. The zero-order valence-corrected chi connectivity index (χ0v) is 23.0. The Balaban J connectivity index is -0.000000900. The van der Waals surface area contributed by atoms with E-state index >= 15 is 0 Å². The summed E-state index contributed by atoms with van der Waals surface area (Å²) in [5.74, 6) is 3.05. The van der Waals surface area contributed by atoms with E-state index in [2.05, 4.69) is 87.6 Å². The predicted octanol–water partition coefficient (Wildman–Crippen LogP) is 9.91. The van der Waals surface area contributed by atoms with E-state index in [0.717, 1.165) is 23.5 Å². The van der Waals surface area contributed by atoms with Crippen molar-refractivity contribution in [2.75, 3.05) is 14.1 Å². The molecule has 0 spiro atoms. The Morgan fingerprint density at radius 3 is 1.53 bits per heavy atom. The molecule has 0 rings (SSSR count). The Morgan fingerprint density at radius 2 is 1.17 bits per heavy atom. The lowest BCUT2D eigenvalue weighted by Crippen LogP contribution is -2.11. The fourth-order valence-electron chi connectivity index (χ4n) is 2.54. The predicted molar refractivity (Wildman–Crippen MR) is 143 cm³/mol. The largest absolute Gasteiger partial charge is 0.378 e. The maximum atomic E-state index is 4.23. The second kappa shape index (κ2) is 22.7. The van der Waals surface area contributed by atoms with Crippen molar-refractivity contribution in [1.82, 2.24) is 4.90 Å². The van der Waals surface area contributed by atoms with Crippen LogP contribution in [-0.2, 0) is 0 Å². The van der Waals surface area contributed by atoms with Gasteiger partial charge in [0.05, 0.1) is 0 Å². The first-order chi connectivity index (χ1) is 14.0. The number of rotatable bonds is 13. The minimum absolute atomic E-state index is 0.547. The molecule has 4 atom stereocenters. The van der Waals surface area contributed by atoms with E-state index in [1.165, 1.54) is 56.9 Å². The fraction of sp³-hybridized carbons (Fsp3) is 0.793. The van der Waals surface area contributed by atoms with Gasteiger partial charge in [-0.05, 0) is 42.6 Å². The highest BCUT2D eigenvalue weighted by molar-refractivity contribution is 5.24. The smallest absolute Gasteiger partial charge is 0.0288 e. The third kappa shape index (κ3) is 21.7. The summed E-state index contributed by atoms with van der Waals surface area (Å²) in [5.41, 5.74) is 2.23. The molecule has 1 nitrogen and oxygen atoms in total. The van der Waals surface area contributed by atoms with Crippen LogP contribution in [0.5, 0.6) is 0 Å². The minimum Gasteiger partial charge on any atom is -0.378 e. The molecule has 0 saturated heterocycles. The molecule has 0 amide bonds. The van der Waals surface area contributed by atoms with Gasteiger partial charge in [-0.2, -0.15) is 0 Å². The average Bonchev–Trinajstić information content (AvgIpc) is 2.73. The molecule has 0 aliphatic rings. The van der Waals surface area contributed by atoms with E-state index in [4.69, 9.17) is 0 Å². The fourth-order valence-corrected chi connectivity index (χ4v) is 2.54. The van der Waals surface area contributed by atoms with Gasteiger partial charge in [0.2, 0.25) is 0 Å². The Morgan fingerprint density at radius 1 is 0.733 bits per heavy atom. The van der Waals surface area contributed by atoms with Crippen molar-refractivity contribution in [3.8, 4) is 0 Å². The van der Waals surface area contributed by atoms with Crippen LogP contribution in [-0.4, -0.2) is 19.0 Å². The summed E-state index contributed by atoms with van der Waals surface area (Å²) in [6.07, 6.45) is 14.7. The van der Waals surface area contributed by atoms with Crippen LogP contribution in [0.15, 0.2) is 36.6 Å². The van der Waals surface area contributed by atoms with Gasteiger partial charge in [0.15, 0.2) is 0 Å². The van der Waals surface area contributed by atoms with E-state index < -0.39 is 0 Å². The minimum atomic E-state index is 0.547. The van der Waals surface area contributed by atoms with Gasteiger partial charge < -0.3 is 4.90 Å². The number of allylic oxidation sites excluding steroid dienone is 3. The Hall–Kier alpha value is -0.980. The summed E-state index contributed by atoms with van der Waals surface area (Å²) in [6, 6.07) is 0. The lowest BCUT2D eigenvalue weighted by Gasteiger charge is -2.23. The van der Waals surface area contributed by atoms with Crippen LogP contribution in [0, 0.1) is 23.7 Å². The molecule has 0 heterocycles. The molecule has 0 aliphatic heterocycles. The number of unbranched alkanes of at least 4 members (excludes halogenated alkanes) is 1. The van der Waals surface area contributed by atoms with Crippen molar-refractivity contribution in [2.45, 2.75) is 114 Å². The second-order valence-electron chi connectivity index (χ2n) is 9.52. The van der Waals surface area contributed by atoms with Crippen molar-refractivity contribution in [3.05, 3.63) is 36.6 Å². The van der Waals surface area contributed by atoms with E-state index in [9.17, 15) is 0 Å². The van der Waals surface area contributed by atoms with Crippen molar-refractivity contribution in [3.63, 3.8) is 0 Å². The van der Waals surface area contributed by atoms with Gasteiger partial charge in [-0.3, -0.25) is 0 Å². The Kier molecular flexibility index (Phi) is 25.5. The molecule has 0 aromatic carbocycles. The lowest BCUT2D eigenvalue weighted by atomic mass is 9.83. The topological polar surface area (TPSA) is 3.24 Å². The van der Waals surface area contributed by atoms with Gasteiger partial charge in [0.25, 0.3) is 0 Å². The molecule has 4 unspecified atom stereocenters. The van der Waals surface area contributed by atoms with Gasteiger partial charge in [0, 0.05) is 19.8 Å². The molecule has 0 N–H and O–H groups in total. The molecule has 0 aromatic rings. The van der Waals surface area contributed by atoms with E-state index in [0.29, 0.717) is 5.92 Å². The van der Waals surface area contributed by atoms with Crippen LogP contribution in [0.25, 0.3) is 0 Å². The van der Waals surface area contributed by atoms with E-state index in [1.54, 1.807) is 0 Å². The SMILES string of the molecule is C=C(/C=C\C(=C)N(C)C)C(C)CCC(C)C(C)CCC(C)CC.CCC.CCCC. The average molecular weight is 422 g/mol. The number of likely N-dealkylation sites (N-methyl/N-ethyl adjacent to an activating group) is 1. The second-order valence-corrected chi connectivity index (χ2v) is 9.52. The molecule has 30 heavy (non-hydrogen) atoms.